The van der Waals surface area contributed by atoms with Gasteiger partial charge in [0.15, 0.2) is 6.10 Å². The molecule has 5 nitrogen and oxygen atoms in total. The zero-order valence-corrected chi connectivity index (χ0v) is 13.3. The van der Waals surface area contributed by atoms with Crippen LogP contribution < -0.4 is 5.56 Å². The average Bonchev–Trinajstić information content (AvgIpc) is 2.49. The second-order valence-electron chi connectivity index (χ2n) is 6.21. The molecule has 0 aliphatic carbocycles. The maximum atomic E-state index is 12.4. The molecule has 2 rings (SSSR count). The summed E-state index contributed by atoms with van der Waals surface area (Å²) in [6.45, 7) is 4.65. The largest absolute Gasteiger partial charge is 0.415 e. The lowest BCUT2D eigenvalue weighted by Crippen LogP contribution is -2.44. The van der Waals surface area contributed by atoms with Crippen LogP contribution in [0, 0.1) is 19.8 Å². The Hall–Kier alpha value is -1.41. The SMILES string of the molecule is Cc1ncn(CC2CCN(CC(O)C(F)(F)F)CC2)c(=O)c1C. The van der Waals surface area contributed by atoms with Gasteiger partial charge in [0.2, 0.25) is 0 Å². The van der Waals surface area contributed by atoms with Crippen LogP contribution in [0.5, 0.6) is 0 Å². The number of halogens is 3. The summed E-state index contributed by atoms with van der Waals surface area (Å²) < 4.78 is 38.7. The number of likely N-dealkylation sites (tertiary alicyclic amines) is 1. The molecule has 23 heavy (non-hydrogen) atoms. The van der Waals surface area contributed by atoms with Crippen molar-refractivity contribution in [3.05, 3.63) is 27.9 Å². The zero-order chi connectivity index (χ0) is 17.2. The minimum Gasteiger partial charge on any atom is -0.382 e. The minimum absolute atomic E-state index is 0.0626. The number of β-amino-alcohol motifs (C(OH)–C–C–N with tert-alkyl or cyclic N) is 1. The second kappa shape index (κ2) is 7.00. The van der Waals surface area contributed by atoms with E-state index in [0.717, 1.165) is 0 Å². The smallest absolute Gasteiger partial charge is 0.382 e. The molecule has 0 saturated carbocycles. The topological polar surface area (TPSA) is 58.4 Å². The molecule has 1 aromatic rings. The normalized spacial score (nSPS) is 19.0. The Balaban J connectivity index is 1.88. The first kappa shape index (κ1) is 17.9. The molecular weight excluding hydrogens is 311 g/mol. The number of nitrogens with zero attached hydrogens (tertiary/aromatic N) is 3. The fraction of sp³-hybridized carbons (Fsp3) is 0.733. The number of aryl methyl sites for hydroxylation is 1. The van der Waals surface area contributed by atoms with Crippen LogP contribution >= 0.6 is 0 Å². The number of aromatic nitrogens is 2. The molecule has 1 unspecified atom stereocenters. The number of hydrogen-bond donors (Lipinski definition) is 1. The third-order valence-corrected chi connectivity index (χ3v) is 4.49. The first-order valence-electron chi connectivity index (χ1n) is 7.68. The van der Waals surface area contributed by atoms with Gasteiger partial charge in [-0.25, -0.2) is 4.98 Å². The van der Waals surface area contributed by atoms with Crippen LogP contribution in [0.25, 0.3) is 0 Å². The van der Waals surface area contributed by atoms with Gasteiger partial charge in [-0.3, -0.25) is 9.36 Å². The van der Waals surface area contributed by atoms with Crippen LogP contribution in [0.3, 0.4) is 0 Å². The summed E-state index contributed by atoms with van der Waals surface area (Å²) in [4.78, 5) is 17.9. The molecule has 8 heteroatoms. The Labute approximate surface area is 132 Å². The first-order valence-corrected chi connectivity index (χ1v) is 7.68. The van der Waals surface area contributed by atoms with Gasteiger partial charge in [-0.05, 0) is 45.7 Å². The predicted octanol–water partition coefficient (Wildman–Crippen LogP) is 1.50. The van der Waals surface area contributed by atoms with Crippen molar-refractivity contribution in [1.29, 1.82) is 0 Å². The lowest BCUT2D eigenvalue weighted by molar-refractivity contribution is -0.208. The van der Waals surface area contributed by atoms with Crippen LogP contribution in [-0.4, -0.2) is 51.5 Å². The monoisotopic (exact) mass is 333 g/mol. The summed E-state index contributed by atoms with van der Waals surface area (Å²) in [5, 5.41) is 9.11. The average molecular weight is 333 g/mol. The van der Waals surface area contributed by atoms with Crippen LogP contribution in [0.1, 0.15) is 24.1 Å². The quantitative estimate of drug-likeness (QED) is 0.907. The van der Waals surface area contributed by atoms with Gasteiger partial charge < -0.3 is 10.0 Å². The Morgan fingerprint density at radius 1 is 1.35 bits per heavy atom. The van der Waals surface area contributed by atoms with Crippen molar-refractivity contribution in [3.63, 3.8) is 0 Å². The van der Waals surface area contributed by atoms with E-state index in [4.69, 9.17) is 5.11 Å². The summed E-state index contributed by atoms with van der Waals surface area (Å²) in [7, 11) is 0. The fourth-order valence-corrected chi connectivity index (χ4v) is 2.78. The van der Waals surface area contributed by atoms with Gasteiger partial charge in [-0.1, -0.05) is 0 Å². The third-order valence-electron chi connectivity index (χ3n) is 4.49. The van der Waals surface area contributed by atoms with Crippen molar-refractivity contribution >= 4 is 0 Å². The van der Waals surface area contributed by atoms with Gasteiger partial charge in [0.05, 0.1) is 6.33 Å². The zero-order valence-electron chi connectivity index (χ0n) is 13.3. The summed E-state index contributed by atoms with van der Waals surface area (Å²) in [5.41, 5.74) is 1.27. The van der Waals surface area contributed by atoms with Gasteiger partial charge in [0.1, 0.15) is 0 Å². The summed E-state index contributed by atoms with van der Waals surface area (Å²) >= 11 is 0. The maximum Gasteiger partial charge on any atom is 0.415 e. The van der Waals surface area contributed by atoms with E-state index in [1.165, 1.54) is 6.33 Å². The van der Waals surface area contributed by atoms with E-state index in [1.807, 2.05) is 0 Å². The standard InChI is InChI=1S/C15H22F3N3O2/c1-10-11(2)19-9-21(14(10)23)7-12-3-5-20(6-4-12)8-13(22)15(16,17)18/h9,12-13,22H,3-8H2,1-2H3. The number of piperidine rings is 1. The number of rotatable bonds is 4. The van der Waals surface area contributed by atoms with E-state index < -0.39 is 12.3 Å². The molecule has 0 aromatic carbocycles. The van der Waals surface area contributed by atoms with Crippen molar-refractivity contribution in [2.45, 2.75) is 45.5 Å². The molecule has 0 amide bonds. The third kappa shape index (κ3) is 4.54. The van der Waals surface area contributed by atoms with E-state index >= 15 is 0 Å². The van der Waals surface area contributed by atoms with Crippen molar-refractivity contribution in [2.24, 2.45) is 5.92 Å². The first-order chi connectivity index (χ1) is 10.7. The Morgan fingerprint density at radius 3 is 2.52 bits per heavy atom. The van der Waals surface area contributed by atoms with Crippen molar-refractivity contribution in [1.82, 2.24) is 14.5 Å². The molecule has 1 aliphatic rings. The number of alkyl halides is 3. The molecule has 0 spiro atoms. The molecule has 0 radical (unpaired) electrons. The van der Waals surface area contributed by atoms with Gasteiger partial charge in [-0.15, -0.1) is 0 Å². The molecule has 0 bridgehead atoms. The lowest BCUT2D eigenvalue weighted by Gasteiger charge is -2.33. The summed E-state index contributed by atoms with van der Waals surface area (Å²) in [6.07, 6.45) is -3.95. The number of aliphatic hydroxyl groups is 1. The van der Waals surface area contributed by atoms with E-state index in [1.54, 1.807) is 23.3 Å². The molecule has 2 heterocycles. The maximum absolute atomic E-state index is 12.4. The molecule has 1 aliphatic heterocycles. The van der Waals surface area contributed by atoms with Gasteiger partial charge >= 0.3 is 6.18 Å². The summed E-state index contributed by atoms with van der Waals surface area (Å²) in [5.74, 6) is 0.232. The van der Waals surface area contributed by atoms with Gasteiger partial charge in [0, 0.05) is 24.3 Å². The van der Waals surface area contributed by atoms with E-state index in [-0.39, 0.29) is 18.0 Å². The van der Waals surface area contributed by atoms with Crippen LogP contribution in [0.15, 0.2) is 11.1 Å². The van der Waals surface area contributed by atoms with E-state index in [2.05, 4.69) is 4.98 Å². The second-order valence-corrected chi connectivity index (χ2v) is 6.21. The lowest BCUT2D eigenvalue weighted by atomic mass is 9.96. The minimum atomic E-state index is -4.57. The Morgan fingerprint density at radius 2 is 1.96 bits per heavy atom. The van der Waals surface area contributed by atoms with Gasteiger partial charge in [-0.2, -0.15) is 13.2 Å². The molecule has 1 fully saturated rings. The van der Waals surface area contributed by atoms with Crippen molar-refractivity contribution in [3.8, 4) is 0 Å². The highest BCUT2D eigenvalue weighted by molar-refractivity contribution is 5.12. The highest BCUT2D eigenvalue weighted by atomic mass is 19.4. The molecule has 1 N–H and O–H groups in total. The molecule has 1 atom stereocenters. The number of aliphatic hydroxyl groups excluding tert-OH is 1. The molecule has 1 aromatic heterocycles. The highest BCUT2D eigenvalue weighted by Crippen LogP contribution is 2.24. The molecule has 130 valence electrons. The van der Waals surface area contributed by atoms with Gasteiger partial charge in [0.25, 0.3) is 5.56 Å². The van der Waals surface area contributed by atoms with Crippen molar-refractivity contribution in [2.75, 3.05) is 19.6 Å². The van der Waals surface area contributed by atoms with E-state index in [9.17, 15) is 18.0 Å². The van der Waals surface area contributed by atoms with Crippen molar-refractivity contribution < 1.29 is 18.3 Å². The van der Waals surface area contributed by atoms with Crippen LogP contribution in [0.2, 0.25) is 0 Å². The van der Waals surface area contributed by atoms with E-state index in [0.29, 0.717) is 43.7 Å². The Bertz CT molecular complexity index is 593. The highest BCUT2D eigenvalue weighted by Gasteiger charge is 2.39. The summed E-state index contributed by atoms with van der Waals surface area (Å²) in [6, 6.07) is 0. The van der Waals surface area contributed by atoms with Crippen LogP contribution in [-0.2, 0) is 6.54 Å². The predicted molar refractivity (Wildman–Crippen MR) is 79.2 cm³/mol. The molecular formula is C15H22F3N3O2. The Kier molecular flexibility index (Phi) is 5.46. The fourth-order valence-electron chi connectivity index (χ4n) is 2.78. The number of hydrogen-bond acceptors (Lipinski definition) is 4. The van der Waals surface area contributed by atoms with Crippen LogP contribution in [0.4, 0.5) is 13.2 Å². The molecule has 1 saturated heterocycles.